The molecule has 3 aromatic rings. The van der Waals surface area contributed by atoms with Crippen molar-refractivity contribution in [3.05, 3.63) is 36.0 Å². The van der Waals surface area contributed by atoms with Gasteiger partial charge in [-0.2, -0.15) is 4.98 Å². The zero-order valence-electron chi connectivity index (χ0n) is 10.00. The smallest absolute Gasteiger partial charge is 0.213 e. The third kappa shape index (κ3) is 1.71. The molecule has 0 aliphatic rings. The normalized spacial score (nSPS) is 11.2. The van der Waals surface area contributed by atoms with E-state index in [4.69, 9.17) is 10.3 Å². The third-order valence-electron chi connectivity index (χ3n) is 2.96. The molecule has 3 rings (SSSR count). The minimum Gasteiger partial charge on any atom is -0.369 e. The molecule has 0 aliphatic carbocycles. The molecule has 2 N–H and O–H groups in total. The van der Waals surface area contributed by atoms with Crippen molar-refractivity contribution in [2.45, 2.75) is 19.9 Å². The van der Waals surface area contributed by atoms with Crippen molar-refractivity contribution in [2.75, 3.05) is 5.73 Å². The molecular weight excluding hydrogens is 230 g/mol. The Morgan fingerprint density at radius 2 is 2.28 bits per heavy atom. The summed E-state index contributed by atoms with van der Waals surface area (Å²) in [6.07, 6.45) is 2.00. The van der Waals surface area contributed by atoms with E-state index >= 15 is 0 Å². The Morgan fingerprint density at radius 1 is 1.39 bits per heavy atom. The quantitative estimate of drug-likeness (QED) is 0.754. The monoisotopic (exact) mass is 243 g/mol. The largest absolute Gasteiger partial charge is 0.369 e. The van der Waals surface area contributed by atoms with E-state index in [0.29, 0.717) is 24.7 Å². The van der Waals surface area contributed by atoms with Gasteiger partial charge in [0, 0.05) is 13.0 Å². The minimum atomic E-state index is 0.516. The van der Waals surface area contributed by atoms with Crippen LogP contribution in [-0.2, 0) is 13.0 Å². The zero-order chi connectivity index (χ0) is 12.5. The number of anilines is 1. The van der Waals surface area contributed by atoms with Crippen LogP contribution in [0.25, 0.3) is 11.0 Å². The van der Waals surface area contributed by atoms with Crippen LogP contribution in [0.1, 0.15) is 11.4 Å². The van der Waals surface area contributed by atoms with E-state index < -0.39 is 0 Å². The van der Waals surface area contributed by atoms with Crippen LogP contribution >= 0.6 is 0 Å². The average Bonchev–Trinajstić information content (AvgIpc) is 2.94. The highest BCUT2D eigenvalue weighted by Crippen LogP contribution is 2.21. The van der Waals surface area contributed by atoms with Crippen molar-refractivity contribution in [1.29, 1.82) is 0 Å². The summed E-state index contributed by atoms with van der Waals surface area (Å²) in [5.74, 6) is 1.19. The van der Waals surface area contributed by atoms with E-state index in [1.165, 1.54) is 6.39 Å². The van der Waals surface area contributed by atoms with Gasteiger partial charge < -0.3 is 14.8 Å². The summed E-state index contributed by atoms with van der Waals surface area (Å²) in [4.78, 5) is 8.35. The summed E-state index contributed by atoms with van der Waals surface area (Å²) in [5.41, 5.74) is 9.09. The first-order valence-corrected chi connectivity index (χ1v) is 5.72. The number of hydrogen-bond donors (Lipinski definition) is 1. The summed E-state index contributed by atoms with van der Waals surface area (Å²) < 4.78 is 6.70. The molecule has 0 amide bonds. The maximum atomic E-state index is 5.95. The maximum Gasteiger partial charge on any atom is 0.213 e. The predicted octanol–water partition coefficient (Wildman–Crippen LogP) is 1.55. The van der Waals surface area contributed by atoms with Crippen LogP contribution in [0, 0.1) is 6.92 Å². The first kappa shape index (κ1) is 10.8. The van der Waals surface area contributed by atoms with Crippen molar-refractivity contribution in [3.63, 3.8) is 0 Å². The van der Waals surface area contributed by atoms with Crippen LogP contribution in [0.3, 0.4) is 0 Å². The van der Waals surface area contributed by atoms with Gasteiger partial charge in [-0.3, -0.25) is 0 Å². The van der Waals surface area contributed by atoms with Gasteiger partial charge in [-0.05, 0) is 18.6 Å². The van der Waals surface area contributed by atoms with E-state index in [1.807, 2.05) is 29.7 Å². The molecule has 6 heteroatoms. The van der Waals surface area contributed by atoms with Crippen LogP contribution in [0.2, 0.25) is 0 Å². The van der Waals surface area contributed by atoms with Crippen molar-refractivity contribution < 1.29 is 4.52 Å². The molecule has 18 heavy (non-hydrogen) atoms. The molecule has 0 radical (unpaired) electrons. The standard InChI is InChI=1S/C12H13N5O/c1-8-3-2-4-9-11(8)17(12(13)15-9)6-5-10-14-7-18-16-10/h2-4,7H,5-6H2,1H3,(H2,13,15). The maximum absolute atomic E-state index is 5.95. The molecule has 0 aliphatic heterocycles. The lowest BCUT2D eigenvalue weighted by atomic mass is 10.2. The summed E-state index contributed by atoms with van der Waals surface area (Å²) in [6.45, 7) is 2.74. The lowest BCUT2D eigenvalue weighted by Gasteiger charge is -2.06. The van der Waals surface area contributed by atoms with Crippen molar-refractivity contribution in [1.82, 2.24) is 19.7 Å². The molecule has 0 bridgehead atoms. The fourth-order valence-corrected chi connectivity index (χ4v) is 2.12. The minimum absolute atomic E-state index is 0.516. The Morgan fingerprint density at radius 3 is 3.06 bits per heavy atom. The number of benzene rings is 1. The SMILES string of the molecule is Cc1cccc2nc(N)n(CCc3ncon3)c12. The summed E-state index contributed by atoms with van der Waals surface area (Å²) in [7, 11) is 0. The van der Waals surface area contributed by atoms with Gasteiger partial charge in [-0.15, -0.1) is 0 Å². The van der Waals surface area contributed by atoms with Crippen LogP contribution < -0.4 is 5.73 Å². The van der Waals surface area contributed by atoms with E-state index in [9.17, 15) is 0 Å². The highest BCUT2D eigenvalue weighted by molar-refractivity contribution is 5.81. The number of fused-ring (bicyclic) bond motifs is 1. The Kier molecular flexibility index (Phi) is 2.47. The van der Waals surface area contributed by atoms with Crippen LogP contribution in [0.5, 0.6) is 0 Å². The third-order valence-corrected chi connectivity index (χ3v) is 2.96. The van der Waals surface area contributed by atoms with Gasteiger partial charge in [0.15, 0.2) is 5.82 Å². The molecule has 2 heterocycles. The molecule has 0 saturated carbocycles. The molecule has 6 nitrogen and oxygen atoms in total. The Bertz CT molecular complexity index is 671. The second-order valence-electron chi connectivity index (χ2n) is 4.16. The second-order valence-corrected chi connectivity index (χ2v) is 4.16. The Labute approximate surface area is 103 Å². The number of aromatic nitrogens is 4. The fraction of sp³-hybridized carbons (Fsp3) is 0.250. The summed E-state index contributed by atoms with van der Waals surface area (Å²) >= 11 is 0. The second kappa shape index (κ2) is 4.14. The Hall–Kier alpha value is -2.37. The molecule has 92 valence electrons. The van der Waals surface area contributed by atoms with Gasteiger partial charge in [0.05, 0.1) is 11.0 Å². The van der Waals surface area contributed by atoms with Gasteiger partial charge in [-0.25, -0.2) is 4.98 Å². The number of aryl methyl sites for hydroxylation is 3. The van der Waals surface area contributed by atoms with Crippen molar-refractivity contribution >= 4 is 17.0 Å². The lowest BCUT2D eigenvalue weighted by Crippen LogP contribution is -2.07. The van der Waals surface area contributed by atoms with E-state index in [0.717, 1.165) is 16.6 Å². The van der Waals surface area contributed by atoms with Crippen molar-refractivity contribution in [2.24, 2.45) is 0 Å². The van der Waals surface area contributed by atoms with Gasteiger partial charge >= 0.3 is 0 Å². The predicted molar refractivity (Wildman–Crippen MR) is 66.9 cm³/mol. The summed E-state index contributed by atoms with van der Waals surface area (Å²) in [5, 5.41) is 3.79. The van der Waals surface area contributed by atoms with Crippen molar-refractivity contribution in [3.8, 4) is 0 Å². The topological polar surface area (TPSA) is 82.8 Å². The molecule has 1 aromatic carbocycles. The Balaban J connectivity index is 1.98. The highest BCUT2D eigenvalue weighted by Gasteiger charge is 2.10. The molecule has 0 spiro atoms. The molecule has 0 fully saturated rings. The van der Waals surface area contributed by atoms with Crippen LogP contribution in [-0.4, -0.2) is 19.7 Å². The highest BCUT2D eigenvalue weighted by atomic mass is 16.5. The molecule has 2 aromatic heterocycles. The zero-order valence-corrected chi connectivity index (χ0v) is 10.00. The molecular formula is C12H13N5O. The number of nitrogen functional groups attached to an aromatic ring is 1. The van der Waals surface area contributed by atoms with Crippen LogP contribution in [0.4, 0.5) is 5.95 Å². The first-order valence-electron chi connectivity index (χ1n) is 5.72. The average molecular weight is 243 g/mol. The number of nitrogens with zero attached hydrogens (tertiary/aromatic N) is 4. The number of para-hydroxylation sites is 1. The van der Waals surface area contributed by atoms with E-state index in [1.54, 1.807) is 0 Å². The van der Waals surface area contributed by atoms with Crippen LogP contribution in [0.15, 0.2) is 29.1 Å². The van der Waals surface area contributed by atoms with E-state index in [-0.39, 0.29) is 0 Å². The molecule has 0 saturated heterocycles. The number of hydrogen-bond acceptors (Lipinski definition) is 5. The van der Waals surface area contributed by atoms with Gasteiger partial charge in [0.25, 0.3) is 0 Å². The number of rotatable bonds is 3. The summed E-state index contributed by atoms with van der Waals surface area (Å²) in [6, 6.07) is 5.99. The number of imidazole rings is 1. The van der Waals surface area contributed by atoms with Gasteiger partial charge in [-0.1, -0.05) is 17.3 Å². The first-order chi connectivity index (χ1) is 8.75. The van der Waals surface area contributed by atoms with E-state index in [2.05, 4.69) is 15.1 Å². The molecule has 0 atom stereocenters. The number of nitrogens with two attached hydrogens (primary N) is 1. The van der Waals surface area contributed by atoms with Gasteiger partial charge in [0.2, 0.25) is 12.3 Å². The lowest BCUT2D eigenvalue weighted by molar-refractivity contribution is 0.408. The van der Waals surface area contributed by atoms with Gasteiger partial charge in [0.1, 0.15) is 0 Å². The fourth-order valence-electron chi connectivity index (χ4n) is 2.12. The molecule has 0 unspecified atom stereocenters.